The maximum Gasteiger partial charge on any atom is 0.138 e. The second-order valence-electron chi connectivity index (χ2n) is 6.08. The average molecular weight is 304 g/mol. The van der Waals surface area contributed by atoms with Crippen molar-refractivity contribution in [3.8, 4) is 0 Å². The molecule has 5 heteroatoms. The molecule has 114 valence electrons. The fourth-order valence-electron chi connectivity index (χ4n) is 1.95. The van der Waals surface area contributed by atoms with Crippen molar-refractivity contribution in [3.05, 3.63) is 33.8 Å². The highest BCUT2D eigenvalue weighted by molar-refractivity contribution is 7.09. The smallest absolute Gasteiger partial charge is 0.138 e. The van der Waals surface area contributed by atoms with Gasteiger partial charge in [0.25, 0.3) is 0 Å². The molecule has 2 N–H and O–H groups in total. The predicted octanol–water partition coefficient (Wildman–Crippen LogP) is 4.19. The van der Waals surface area contributed by atoms with Gasteiger partial charge in [0.2, 0.25) is 0 Å². The first-order valence-electron chi connectivity index (χ1n) is 7.31. The fourth-order valence-corrected chi connectivity index (χ4v) is 2.59. The van der Waals surface area contributed by atoms with Crippen molar-refractivity contribution in [3.63, 3.8) is 0 Å². The van der Waals surface area contributed by atoms with Gasteiger partial charge in [-0.15, -0.1) is 11.3 Å². The van der Waals surface area contributed by atoms with Crippen LogP contribution in [0.4, 0.5) is 11.6 Å². The normalized spacial score (nSPS) is 11.5. The zero-order chi connectivity index (χ0) is 15.5. The summed E-state index contributed by atoms with van der Waals surface area (Å²) < 4.78 is 0. The number of aromatic nitrogens is 2. The summed E-state index contributed by atoms with van der Waals surface area (Å²) in [6.45, 7) is 12.2. The minimum atomic E-state index is -0.0722. The van der Waals surface area contributed by atoms with E-state index in [4.69, 9.17) is 4.98 Å². The first-order chi connectivity index (χ1) is 9.91. The summed E-state index contributed by atoms with van der Waals surface area (Å²) in [7, 11) is 0. The molecule has 4 nitrogen and oxygen atoms in total. The summed E-state index contributed by atoms with van der Waals surface area (Å²) in [5.74, 6) is 2.70. The molecule has 0 fully saturated rings. The lowest BCUT2D eigenvalue weighted by molar-refractivity contribution is 0.546. The van der Waals surface area contributed by atoms with Crippen LogP contribution in [-0.4, -0.2) is 16.5 Å². The highest BCUT2D eigenvalue weighted by atomic mass is 32.1. The molecule has 0 atom stereocenters. The van der Waals surface area contributed by atoms with Crippen LogP contribution >= 0.6 is 11.3 Å². The number of nitrogens with zero attached hydrogens (tertiary/aromatic N) is 2. The molecule has 0 bridgehead atoms. The van der Waals surface area contributed by atoms with Crippen LogP contribution in [0.3, 0.4) is 0 Å². The second-order valence-corrected chi connectivity index (χ2v) is 7.11. The van der Waals surface area contributed by atoms with E-state index in [-0.39, 0.29) is 5.41 Å². The van der Waals surface area contributed by atoms with Crippen molar-refractivity contribution in [1.29, 1.82) is 0 Å². The zero-order valence-corrected chi connectivity index (χ0v) is 14.3. The van der Waals surface area contributed by atoms with E-state index in [1.165, 1.54) is 4.88 Å². The first kappa shape index (κ1) is 15.8. The summed E-state index contributed by atoms with van der Waals surface area (Å²) in [5.41, 5.74) is 0.999. The Morgan fingerprint density at radius 1 is 1.14 bits per heavy atom. The van der Waals surface area contributed by atoms with Gasteiger partial charge in [-0.1, -0.05) is 26.8 Å². The van der Waals surface area contributed by atoms with Crippen LogP contribution in [-0.2, 0) is 12.0 Å². The number of hydrogen-bond donors (Lipinski definition) is 2. The zero-order valence-electron chi connectivity index (χ0n) is 13.4. The number of anilines is 2. The van der Waals surface area contributed by atoms with Gasteiger partial charge in [-0.2, -0.15) is 0 Å². The maximum atomic E-state index is 4.73. The summed E-state index contributed by atoms with van der Waals surface area (Å²) in [6.07, 6.45) is 0. The predicted molar refractivity (Wildman–Crippen MR) is 91.3 cm³/mol. The monoisotopic (exact) mass is 304 g/mol. The summed E-state index contributed by atoms with van der Waals surface area (Å²) in [4.78, 5) is 10.7. The third-order valence-electron chi connectivity index (χ3n) is 3.17. The molecule has 21 heavy (non-hydrogen) atoms. The SMILES string of the molecule is CCNc1nc(C(C)(C)C)nc(NCc2cccs2)c1C. The van der Waals surface area contributed by atoms with Crippen LogP contribution in [0.2, 0.25) is 0 Å². The third-order valence-corrected chi connectivity index (χ3v) is 4.05. The van der Waals surface area contributed by atoms with Crippen LogP contribution in [0.1, 0.15) is 44.0 Å². The van der Waals surface area contributed by atoms with Gasteiger partial charge in [-0.05, 0) is 25.3 Å². The quantitative estimate of drug-likeness (QED) is 0.869. The van der Waals surface area contributed by atoms with Crippen molar-refractivity contribution in [1.82, 2.24) is 9.97 Å². The van der Waals surface area contributed by atoms with Gasteiger partial charge in [0.15, 0.2) is 0 Å². The van der Waals surface area contributed by atoms with Crippen molar-refractivity contribution in [2.24, 2.45) is 0 Å². The van der Waals surface area contributed by atoms with E-state index in [1.807, 2.05) is 0 Å². The van der Waals surface area contributed by atoms with E-state index in [2.05, 4.69) is 67.7 Å². The first-order valence-corrected chi connectivity index (χ1v) is 8.19. The van der Waals surface area contributed by atoms with E-state index < -0.39 is 0 Å². The molecular formula is C16H24N4S. The molecule has 2 heterocycles. The van der Waals surface area contributed by atoms with E-state index in [9.17, 15) is 0 Å². The number of nitrogens with one attached hydrogen (secondary N) is 2. The molecule has 0 spiro atoms. The molecule has 2 aromatic rings. The van der Waals surface area contributed by atoms with Crippen molar-refractivity contribution >= 4 is 23.0 Å². The Morgan fingerprint density at radius 2 is 1.81 bits per heavy atom. The highest BCUT2D eigenvalue weighted by Crippen LogP contribution is 2.26. The second kappa shape index (κ2) is 6.43. The number of hydrogen-bond acceptors (Lipinski definition) is 5. The minimum absolute atomic E-state index is 0.0722. The topological polar surface area (TPSA) is 49.8 Å². The van der Waals surface area contributed by atoms with Crippen LogP contribution < -0.4 is 10.6 Å². The molecule has 0 radical (unpaired) electrons. The average Bonchev–Trinajstić information content (AvgIpc) is 2.91. The van der Waals surface area contributed by atoms with Gasteiger partial charge in [0.05, 0.1) is 6.54 Å². The molecule has 0 aliphatic heterocycles. The molecule has 0 aliphatic rings. The molecule has 2 aromatic heterocycles. The maximum absolute atomic E-state index is 4.73. The highest BCUT2D eigenvalue weighted by Gasteiger charge is 2.21. The van der Waals surface area contributed by atoms with Crippen molar-refractivity contribution in [2.75, 3.05) is 17.2 Å². The standard InChI is InChI=1S/C16H24N4S/c1-6-17-13-11(2)14(18-10-12-8-7-9-21-12)20-15(19-13)16(3,4)5/h7-9H,6,10H2,1-5H3,(H2,17,18,19,20). The molecule has 0 saturated heterocycles. The summed E-state index contributed by atoms with van der Waals surface area (Å²) >= 11 is 1.75. The van der Waals surface area contributed by atoms with E-state index >= 15 is 0 Å². The van der Waals surface area contributed by atoms with Gasteiger partial charge in [-0.3, -0.25) is 0 Å². The van der Waals surface area contributed by atoms with E-state index in [0.29, 0.717) is 0 Å². The number of thiophene rings is 1. The molecule has 0 amide bonds. The molecule has 0 saturated carbocycles. The summed E-state index contributed by atoms with van der Waals surface area (Å²) in [5, 5.41) is 8.87. The van der Waals surface area contributed by atoms with E-state index in [0.717, 1.165) is 36.1 Å². The number of rotatable bonds is 5. The Kier molecular flexibility index (Phi) is 4.83. The molecule has 0 aromatic carbocycles. The fraction of sp³-hybridized carbons (Fsp3) is 0.500. The summed E-state index contributed by atoms with van der Waals surface area (Å²) in [6, 6.07) is 4.20. The third kappa shape index (κ3) is 3.94. The molecule has 0 unspecified atom stereocenters. The largest absolute Gasteiger partial charge is 0.370 e. The van der Waals surface area contributed by atoms with Crippen LogP contribution in [0.15, 0.2) is 17.5 Å². The van der Waals surface area contributed by atoms with E-state index in [1.54, 1.807) is 11.3 Å². The minimum Gasteiger partial charge on any atom is -0.370 e. The molecule has 0 aliphatic carbocycles. The van der Waals surface area contributed by atoms with Crippen LogP contribution in [0.5, 0.6) is 0 Å². The lowest BCUT2D eigenvalue weighted by atomic mass is 9.95. The Balaban J connectivity index is 2.31. The van der Waals surface area contributed by atoms with Crippen LogP contribution in [0, 0.1) is 6.92 Å². The van der Waals surface area contributed by atoms with Crippen LogP contribution in [0.25, 0.3) is 0 Å². The lowest BCUT2D eigenvalue weighted by Gasteiger charge is -2.21. The van der Waals surface area contributed by atoms with Crippen molar-refractivity contribution < 1.29 is 0 Å². The van der Waals surface area contributed by atoms with Crippen molar-refractivity contribution in [2.45, 2.75) is 46.6 Å². The van der Waals surface area contributed by atoms with Gasteiger partial charge < -0.3 is 10.6 Å². The lowest BCUT2D eigenvalue weighted by Crippen LogP contribution is -2.19. The van der Waals surface area contributed by atoms with Gasteiger partial charge in [0.1, 0.15) is 17.5 Å². The Bertz CT molecular complexity index is 585. The van der Waals surface area contributed by atoms with Gasteiger partial charge in [-0.25, -0.2) is 9.97 Å². The Morgan fingerprint density at radius 3 is 2.33 bits per heavy atom. The van der Waals surface area contributed by atoms with Gasteiger partial charge in [0, 0.05) is 22.4 Å². The van der Waals surface area contributed by atoms with Gasteiger partial charge >= 0.3 is 0 Å². The molecule has 2 rings (SSSR count). The Hall–Kier alpha value is -1.62. The molecular weight excluding hydrogens is 280 g/mol. The Labute approximate surface area is 131 Å².